The molecule has 6 heteroatoms. The average Bonchev–Trinajstić information content (AvgIpc) is 2.93. The predicted octanol–water partition coefficient (Wildman–Crippen LogP) is 2.58. The number of aryl methyl sites for hydroxylation is 1. The van der Waals surface area contributed by atoms with Gasteiger partial charge < -0.3 is 14.6 Å². The van der Waals surface area contributed by atoms with Crippen LogP contribution in [0.1, 0.15) is 61.8 Å². The fourth-order valence-corrected chi connectivity index (χ4v) is 3.20. The summed E-state index contributed by atoms with van der Waals surface area (Å²) in [4.78, 5) is 15.1. The summed E-state index contributed by atoms with van der Waals surface area (Å²) < 4.78 is 10.8. The summed E-state index contributed by atoms with van der Waals surface area (Å²) in [6, 6.07) is 0.334. The molecule has 1 fully saturated rings. The Hall–Kier alpha value is -1.40. The molecule has 0 radical (unpaired) electrons. The van der Waals surface area contributed by atoms with Crippen molar-refractivity contribution in [1.82, 2.24) is 15.4 Å². The number of nitrogens with one attached hydrogen (secondary N) is 1. The largest absolute Gasteiger partial charge is 0.379 e. The number of carbonyl (C=O) groups excluding carboxylic acids is 1. The number of carbonyl (C=O) groups is 1. The molecule has 1 N–H and O–H groups in total. The summed E-state index contributed by atoms with van der Waals surface area (Å²) in [5.74, 6) is 1.30. The Morgan fingerprint density at radius 3 is 2.50 bits per heavy atom. The zero-order valence-electron chi connectivity index (χ0n) is 15.6. The third-order valence-corrected chi connectivity index (χ3v) is 4.44. The van der Waals surface area contributed by atoms with Crippen molar-refractivity contribution in [3.8, 4) is 0 Å². The molecule has 1 saturated heterocycles. The molecule has 2 rings (SSSR count). The van der Waals surface area contributed by atoms with E-state index in [1.165, 1.54) is 0 Å². The predicted molar refractivity (Wildman–Crippen MR) is 93.3 cm³/mol. The summed E-state index contributed by atoms with van der Waals surface area (Å²) in [6.07, 6.45) is 1.06. The first-order valence-corrected chi connectivity index (χ1v) is 8.96. The second-order valence-electron chi connectivity index (χ2n) is 7.30. The van der Waals surface area contributed by atoms with Crippen LogP contribution in [-0.4, -0.2) is 54.9 Å². The van der Waals surface area contributed by atoms with Crippen LogP contribution in [0.2, 0.25) is 0 Å². The summed E-state index contributed by atoms with van der Waals surface area (Å²) in [5, 5.41) is 7.06. The molecule has 0 aromatic carbocycles. The van der Waals surface area contributed by atoms with E-state index in [1.807, 2.05) is 20.8 Å². The molecular weight excluding hydrogens is 306 g/mol. The molecule has 6 nitrogen and oxygen atoms in total. The van der Waals surface area contributed by atoms with Gasteiger partial charge in [0.2, 0.25) is 0 Å². The highest BCUT2D eigenvalue weighted by molar-refractivity contribution is 5.96. The SMILES string of the molecule is Cc1noc(C(C)C)c1C(=O)NC[C@H](CC(C)C)N1CCOCC1. The van der Waals surface area contributed by atoms with E-state index < -0.39 is 0 Å². The Labute approximate surface area is 144 Å². The maximum absolute atomic E-state index is 12.7. The lowest BCUT2D eigenvalue weighted by Crippen LogP contribution is -2.49. The second-order valence-corrected chi connectivity index (χ2v) is 7.30. The summed E-state index contributed by atoms with van der Waals surface area (Å²) in [7, 11) is 0. The van der Waals surface area contributed by atoms with Gasteiger partial charge in [-0.1, -0.05) is 32.9 Å². The van der Waals surface area contributed by atoms with E-state index in [9.17, 15) is 4.79 Å². The van der Waals surface area contributed by atoms with Crippen LogP contribution in [0.4, 0.5) is 0 Å². The van der Waals surface area contributed by atoms with Gasteiger partial charge in [-0.3, -0.25) is 9.69 Å². The topological polar surface area (TPSA) is 67.6 Å². The van der Waals surface area contributed by atoms with Gasteiger partial charge in [0.05, 0.1) is 18.9 Å². The molecule has 1 aromatic rings. The van der Waals surface area contributed by atoms with Crippen molar-refractivity contribution in [2.45, 2.75) is 53.0 Å². The molecule has 1 aliphatic heterocycles. The number of ether oxygens (including phenoxy) is 1. The van der Waals surface area contributed by atoms with Gasteiger partial charge in [0, 0.05) is 31.6 Å². The molecule has 0 bridgehead atoms. The maximum atomic E-state index is 12.7. The van der Waals surface area contributed by atoms with Gasteiger partial charge >= 0.3 is 0 Å². The Morgan fingerprint density at radius 2 is 1.92 bits per heavy atom. The average molecular weight is 337 g/mol. The highest BCUT2D eigenvalue weighted by Crippen LogP contribution is 2.22. The fourth-order valence-electron chi connectivity index (χ4n) is 3.20. The molecule has 24 heavy (non-hydrogen) atoms. The lowest BCUT2D eigenvalue weighted by atomic mass is 10.0. The molecule has 2 heterocycles. The van der Waals surface area contributed by atoms with E-state index >= 15 is 0 Å². The van der Waals surface area contributed by atoms with Crippen molar-refractivity contribution in [2.75, 3.05) is 32.8 Å². The maximum Gasteiger partial charge on any atom is 0.256 e. The van der Waals surface area contributed by atoms with E-state index in [1.54, 1.807) is 0 Å². The van der Waals surface area contributed by atoms with E-state index in [0.29, 0.717) is 35.5 Å². The van der Waals surface area contributed by atoms with Crippen molar-refractivity contribution >= 4 is 5.91 Å². The Bertz CT molecular complexity index is 534. The van der Waals surface area contributed by atoms with Crippen LogP contribution < -0.4 is 5.32 Å². The zero-order valence-corrected chi connectivity index (χ0v) is 15.6. The van der Waals surface area contributed by atoms with Gasteiger partial charge in [0.25, 0.3) is 5.91 Å². The third-order valence-electron chi connectivity index (χ3n) is 4.44. The van der Waals surface area contributed by atoms with E-state index in [0.717, 1.165) is 32.7 Å². The molecule has 0 spiro atoms. The number of morpholine rings is 1. The van der Waals surface area contributed by atoms with Gasteiger partial charge in [-0.2, -0.15) is 0 Å². The monoisotopic (exact) mass is 337 g/mol. The van der Waals surface area contributed by atoms with Crippen LogP contribution in [0.25, 0.3) is 0 Å². The number of rotatable bonds is 7. The minimum Gasteiger partial charge on any atom is -0.379 e. The number of amides is 1. The van der Waals surface area contributed by atoms with Crippen LogP contribution in [0.5, 0.6) is 0 Å². The quantitative estimate of drug-likeness (QED) is 0.828. The summed E-state index contributed by atoms with van der Waals surface area (Å²) in [6.45, 7) is 14.3. The van der Waals surface area contributed by atoms with Crippen LogP contribution >= 0.6 is 0 Å². The van der Waals surface area contributed by atoms with Gasteiger partial charge in [-0.05, 0) is 19.3 Å². The molecule has 0 aliphatic carbocycles. The van der Waals surface area contributed by atoms with Crippen molar-refractivity contribution in [1.29, 1.82) is 0 Å². The first kappa shape index (κ1) is 18.9. The smallest absolute Gasteiger partial charge is 0.256 e. The van der Waals surface area contributed by atoms with Crippen LogP contribution in [-0.2, 0) is 4.74 Å². The molecule has 1 aliphatic rings. The van der Waals surface area contributed by atoms with Crippen LogP contribution in [0.3, 0.4) is 0 Å². The minimum atomic E-state index is -0.0838. The standard InChI is InChI=1S/C18H31N3O3/c1-12(2)10-15(21-6-8-23-9-7-21)11-19-18(22)16-14(5)20-24-17(16)13(3)4/h12-13,15H,6-11H2,1-5H3,(H,19,22)/t15-/m0/s1. The van der Waals surface area contributed by atoms with Gasteiger partial charge in [-0.25, -0.2) is 0 Å². The van der Waals surface area contributed by atoms with Gasteiger partial charge in [0.1, 0.15) is 5.56 Å². The Morgan fingerprint density at radius 1 is 1.25 bits per heavy atom. The molecule has 0 unspecified atom stereocenters. The normalized spacial score (nSPS) is 17.5. The van der Waals surface area contributed by atoms with E-state index in [2.05, 4.69) is 29.2 Å². The minimum absolute atomic E-state index is 0.0838. The second kappa shape index (κ2) is 8.62. The molecule has 136 valence electrons. The lowest BCUT2D eigenvalue weighted by molar-refractivity contribution is 0.0124. The van der Waals surface area contributed by atoms with Crippen molar-refractivity contribution in [3.63, 3.8) is 0 Å². The Balaban J connectivity index is 2.02. The highest BCUT2D eigenvalue weighted by Gasteiger charge is 2.26. The third kappa shape index (κ3) is 4.80. The summed E-state index contributed by atoms with van der Waals surface area (Å²) >= 11 is 0. The summed E-state index contributed by atoms with van der Waals surface area (Å²) in [5.41, 5.74) is 1.25. The fraction of sp³-hybridized carbons (Fsp3) is 0.778. The first-order chi connectivity index (χ1) is 11.4. The van der Waals surface area contributed by atoms with E-state index in [4.69, 9.17) is 9.26 Å². The number of hydrogen-bond acceptors (Lipinski definition) is 5. The van der Waals surface area contributed by atoms with Crippen molar-refractivity contribution in [3.05, 3.63) is 17.0 Å². The number of nitrogens with zero attached hydrogens (tertiary/aromatic N) is 2. The highest BCUT2D eigenvalue weighted by atomic mass is 16.5. The molecule has 0 saturated carbocycles. The van der Waals surface area contributed by atoms with E-state index in [-0.39, 0.29) is 11.8 Å². The first-order valence-electron chi connectivity index (χ1n) is 8.96. The molecule has 1 atom stereocenters. The molecular formula is C18H31N3O3. The number of aromatic nitrogens is 1. The molecule has 1 aromatic heterocycles. The van der Waals surface area contributed by atoms with Gasteiger partial charge in [-0.15, -0.1) is 0 Å². The van der Waals surface area contributed by atoms with Crippen LogP contribution in [0, 0.1) is 12.8 Å². The van der Waals surface area contributed by atoms with Gasteiger partial charge in [0.15, 0.2) is 5.76 Å². The number of hydrogen-bond donors (Lipinski definition) is 1. The lowest BCUT2D eigenvalue weighted by Gasteiger charge is -2.35. The van der Waals surface area contributed by atoms with Crippen molar-refractivity contribution in [2.24, 2.45) is 5.92 Å². The van der Waals surface area contributed by atoms with Crippen LogP contribution in [0.15, 0.2) is 4.52 Å². The molecule has 1 amide bonds. The van der Waals surface area contributed by atoms with Crippen molar-refractivity contribution < 1.29 is 14.1 Å². The Kier molecular flexibility index (Phi) is 6.80. The zero-order chi connectivity index (χ0) is 17.7.